The van der Waals surface area contributed by atoms with Gasteiger partial charge in [-0.25, -0.2) is 0 Å². The number of anilines is 2. The Balaban J connectivity index is 1.19. The maximum atomic E-state index is 3.63. The highest BCUT2D eigenvalue weighted by Gasteiger charge is 2.25. The molecule has 0 N–H and O–H groups in total. The van der Waals surface area contributed by atoms with E-state index in [0.29, 0.717) is 0 Å². The second-order valence-electron chi connectivity index (χ2n) is 11.4. The summed E-state index contributed by atoms with van der Waals surface area (Å²) in [6, 6.07) is 22.5. The molecule has 3 aliphatic carbocycles. The molecular weight excluding hydrogens is 496 g/mol. The van der Waals surface area contributed by atoms with E-state index in [2.05, 4.69) is 138 Å². The van der Waals surface area contributed by atoms with E-state index in [1.807, 2.05) is 0 Å². The molecule has 0 atom stereocenters. The number of rotatable bonds is 3. The number of nitrogens with zero attached hydrogens (tertiary/aromatic N) is 2. The third-order valence-corrected chi connectivity index (χ3v) is 8.92. The van der Waals surface area contributed by atoms with Crippen LogP contribution < -0.4 is 4.90 Å². The van der Waals surface area contributed by atoms with Gasteiger partial charge in [0, 0.05) is 33.9 Å². The van der Waals surface area contributed by atoms with E-state index in [-0.39, 0.29) is 0 Å². The molecule has 41 heavy (non-hydrogen) atoms. The summed E-state index contributed by atoms with van der Waals surface area (Å²) in [6.07, 6.45) is 22.3. The summed E-state index contributed by atoms with van der Waals surface area (Å²) in [5.74, 6) is 0. The zero-order chi connectivity index (χ0) is 27.5. The number of aryl methyl sites for hydroxylation is 2. The van der Waals surface area contributed by atoms with Gasteiger partial charge in [0.2, 0.25) is 0 Å². The molecule has 1 aromatic heterocycles. The Bertz CT molecular complexity index is 1950. The van der Waals surface area contributed by atoms with E-state index < -0.39 is 0 Å². The Kier molecular flexibility index (Phi) is 5.52. The van der Waals surface area contributed by atoms with Crippen molar-refractivity contribution < 1.29 is 0 Å². The van der Waals surface area contributed by atoms with E-state index in [1.165, 1.54) is 61.7 Å². The predicted molar refractivity (Wildman–Crippen MR) is 173 cm³/mol. The summed E-state index contributed by atoms with van der Waals surface area (Å²) in [7, 11) is 0. The van der Waals surface area contributed by atoms with E-state index >= 15 is 0 Å². The van der Waals surface area contributed by atoms with Crippen LogP contribution in [-0.4, -0.2) is 4.57 Å². The monoisotopic (exact) mass is 528 g/mol. The molecule has 8 rings (SSSR count). The fourth-order valence-corrected chi connectivity index (χ4v) is 7.02. The van der Waals surface area contributed by atoms with Gasteiger partial charge in [0.25, 0.3) is 0 Å². The van der Waals surface area contributed by atoms with Gasteiger partial charge in [-0.2, -0.15) is 0 Å². The number of fused-ring (bicyclic) bond motifs is 5. The van der Waals surface area contributed by atoms with Crippen LogP contribution in [0.2, 0.25) is 0 Å². The lowest BCUT2D eigenvalue weighted by molar-refractivity contribution is 0.867. The Morgan fingerprint density at radius 3 is 2.27 bits per heavy atom. The van der Waals surface area contributed by atoms with Crippen LogP contribution in [0.4, 0.5) is 11.4 Å². The predicted octanol–water partition coefficient (Wildman–Crippen LogP) is 9.82. The summed E-state index contributed by atoms with van der Waals surface area (Å²) in [5, 5.41) is 0. The summed E-state index contributed by atoms with van der Waals surface area (Å²) in [5.41, 5.74) is 21.6. The number of para-hydroxylation sites is 1. The first kappa shape index (κ1) is 24.1. The highest BCUT2D eigenvalue weighted by Crippen LogP contribution is 2.42. The Morgan fingerprint density at radius 2 is 1.41 bits per heavy atom. The molecule has 0 saturated heterocycles. The van der Waals surface area contributed by atoms with Crippen molar-refractivity contribution in [3.8, 4) is 16.8 Å². The van der Waals surface area contributed by atoms with Gasteiger partial charge >= 0.3 is 0 Å². The highest BCUT2D eigenvalue weighted by molar-refractivity contribution is 5.91. The molecule has 2 heteroatoms. The van der Waals surface area contributed by atoms with E-state index in [9.17, 15) is 0 Å². The molecule has 0 radical (unpaired) electrons. The molecule has 0 amide bonds. The third-order valence-electron chi connectivity index (χ3n) is 8.92. The molecule has 198 valence electrons. The fourth-order valence-electron chi connectivity index (χ4n) is 7.02. The molecule has 3 aromatic carbocycles. The first-order valence-corrected chi connectivity index (χ1v) is 14.7. The van der Waals surface area contributed by atoms with Gasteiger partial charge in [-0.1, -0.05) is 66.4 Å². The van der Waals surface area contributed by atoms with Gasteiger partial charge in [-0.3, -0.25) is 0 Å². The minimum Gasteiger partial charge on any atom is -0.313 e. The van der Waals surface area contributed by atoms with Crippen molar-refractivity contribution in [3.63, 3.8) is 0 Å². The number of hydrogen-bond donors (Lipinski definition) is 0. The molecular formula is C39H32N2. The smallest absolute Gasteiger partial charge is 0.0896 e. The van der Waals surface area contributed by atoms with Crippen LogP contribution in [0.3, 0.4) is 0 Å². The van der Waals surface area contributed by atoms with Crippen LogP contribution in [0, 0.1) is 13.8 Å². The number of allylic oxidation sites excluding steroid dienone is 6. The second-order valence-corrected chi connectivity index (χ2v) is 11.4. The molecule has 0 unspecified atom stereocenters. The molecule has 4 aromatic rings. The van der Waals surface area contributed by atoms with Crippen molar-refractivity contribution in [2.45, 2.75) is 39.5 Å². The molecule has 2 bridgehead atoms. The van der Waals surface area contributed by atoms with Crippen molar-refractivity contribution in [3.05, 3.63) is 148 Å². The third kappa shape index (κ3) is 3.79. The van der Waals surface area contributed by atoms with Gasteiger partial charge in [-0.05, 0) is 121 Å². The molecule has 1 aliphatic heterocycles. The van der Waals surface area contributed by atoms with E-state index in [0.717, 1.165) is 42.6 Å². The van der Waals surface area contributed by atoms with Gasteiger partial charge in [0.1, 0.15) is 0 Å². The van der Waals surface area contributed by atoms with Crippen LogP contribution in [-0.2, 0) is 12.8 Å². The summed E-state index contributed by atoms with van der Waals surface area (Å²) in [6.45, 7) is 4.49. The standard InChI is InChI=1S/C39H32N2/c1-26-23-30(40-29-12-4-3-11-28(25-29)34-13-5-8-16-37(34)40)19-21-32(26)33-22-20-31(24-27(33)2)41-38-17-9-6-14-35(38)36-15-7-10-18-39(36)41/h3-6,8,10-14,16,18-24H,7,9,15,17H2,1-2H3. The number of aromatic nitrogens is 1. The zero-order valence-electron chi connectivity index (χ0n) is 23.6. The van der Waals surface area contributed by atoms with Crippen LogP contribution >= 0.6 is 0 Å². The molecule has 4 aliphatic rings. The molecule has 0 spiro atoms. The molecule has 2 heterocycles. The van der Waals surface area contributed by atoms with Crippen molar-refractivity contribution in [2.75, 3.05) is 4.90 Å². The van der Waals surface area contributed by atoms with Crippen molar-refractivity contribution in [1.29, 1.82) is 0 Å². The van der Waals surface area contributed by atoms with Crippen molar-refractivity contribution in [2.24, 2.45) is 0 Å². The normalized spacial score (nSPS) is 16.1. The molecule has 0 fully saturated rings. The Labute approximate surface area is 242 Å². The molecule has 2 nitrogen and oxygen atoms in total. The Hall–Kier alpha value is -4.78. The maximum absolute atomic E-state index is 3.63. The Morgan fingerprint density at radius 1 is 0.683 bits per heavy atom. The minimum atomic E-state index is 1.07. The number of benzene rings is 3. The summed E-state index contributed by atoms with van der Waals surface area (Å²) < 4.78 is 2.52. The SMILES string of the molecule is Cc1cc(N2C3=C=C(C=CC=C3)c3ccccc32)ccc1-c1ccc(-n2c3c(c4c2CCC=C4)CCC=C3)cc1C. The number of hydrogen-bond acceptors (Lipinski definition) is 1. The van der Waals surface area contributed by atoms with Crippen LogP contribution in [0.15, 0.2) is 109 Å². The topological polar surface area (TPSA) is 8.17 Å². The van der Waals surface area contributed by atoms with Crippen molar-refractivity contribution in [1.82, 2.24) is 4.57 Å². The zero-order valence-corrected chi connectivity index (χ0v) is 23.6. The average molecular weight is 529 g/mol. The lowest BCUT2D eigenvalue weighted by Gasteiger charge is -2.30. The van der Waals surface area contributed by atoms with Gasteiger partial charge in [0.05, 0.1) is 11.4 Å². The van der Waals surface area contributed by atoms with Crippen LogP contribution in [0.1, 0.15) is 52.0 Å². The fraction of sp³-hybridized carbons (Fsp3) is 0.154. The van der Waals surface area contributed by atoms with Gasteiger partial charge in [-0.15, -0.1) is 0 Å². The molecule has 0 saturated carbocycles. The quantitative estimate of drug-likeness (QED) is 0.240. The lowest BCUT2D eigenvalue weighted by Crippen LogP contribution is -2.18. The first-order valence-electron chi connectivity index (χ1n) is 14.7. The first-order chi connectivity index (χ1) is 20.2. The lowest BCUT2D eigenvalue weighted by atomic mass is 9.94. The largest absolute Gasteiger partial charge is 0.313 e. The van der Waals surface area contributed by atoms with E-state index in [4.69, 9.17) is 0 Å². The summed E-state index contributed by atoms with van der Waals surface area (Å²) in [4.78, 5) is 2.33. The average Bonchev–Trinajstić information content (AvgIpc) is 3.19. The maximum Gasteiger partial charge on any atom is 0.0896 e. The highest BCUT2D eigenvalue weighted by atomic mass is 15.2. The minimum absolute atomic E-state index is 1.07. The summed E-state index contributed by atoms with van der Waals surface area (Å²) >= 11 is 0. The van der Waals surface area contributed by atoms with Crippen LogP contribution in [0.25, 0.3) is 34.5 Å². The van der Waals surface area contributed by atoms with E-state index in [1.54, 1.807) is 0 Å². The van der Waals surface area contributed by atoms with Gasteiger partial charge < -0.3 is 9.47 Å². The van der Waals surface area contributed by atoms with Gasteiger partial charge in [0.15, 0.2) is 0 Å². The second kappa shape index (κ2) is 9.41. The van der Waals surface area contributed by atoms with Crippen molar-refractivity contribution >= 4 is 29.1 Å². The van der Waals surface area contributed by atoms with Crippen LogP contribution in [0.5, 0.6) is 0 Å².